The molecule has 1 aromatic heterocycles. The molecule has 0 radical (unpaired) electrons. The molecule has 1 aromatic rings. The molecule has 11 nitrogen and oxygen atoms in total. The predicted molar refractivity (Wildman–Crippen MR) is 98.1 cm³/mol. The van der Waals surface area contributed by atoms with Gasteiger partial charge < -0.3 is 31.6 Å². The Kier molecular flexibility index (Phi) is 9.09. The third kappa shape index (κ3) is 7.35. The molecular formula is C17H27N5O6. The zero-order chi connectivity index (χ0) is 21.3. The summed E-state index contributed by atoms with van der Waals surface area (Å²) in [4.78, 5) is 53.6. The first-order valence-corrected chi connectivity index (χ1v) is 8.93. The SMILES string of the molecule is CCC(C)C(N)C(=O)NC(Cc1cnc[nH]1)C(=O)NC(CCC(=O)O)C(=O)O. The van der Waals surface area contributed by atoms with Crippen LogP contribution in [0, 0.1) is 5.92 Å². The molecule has 0 saturated heterocycles. The number of nitrogens with one attached hydrogen (secondary N) is 3. The van der Waals surface area contributed by atoms with E-state index in [0.29, 0.717) is 12.1 Å². The van der Waals surface area contributed by atoms with Crippen molar-refractivity contribution in [2.45, 2.75) is 57.7 Å². The van der Waals surface area contributed by atoms with Gasteiger partial charge in [-0.1, -0.05) is 20.3 Å². The lowest BCUT2D eigenvalue weighted by Gasteiger charge is -2.24. The molecule has 28 heavy (non-hydrogen) atoms. The van der Waals surface area contributed by atoms with Crippen LogP contribution in [-0.4, -0.2) is 62.1 Å². The number of hydrogen-bond acceptors (Lipinski definition) is 6. The normalized spacial score (nSPS) is 15.1. The van der Waals surface area contributed by atoms with Gasteiger partial charge in [0.1, 0.15) is 12.1 Å². The first-order valence-electron chi connectivity index (χ1n) is 8.93. The number of nitrogens with zero attached hydrogens (tertiary/aromatic N) is 1. The standard InChI is InChI=1S/C17H27N5O6/c1-3-9(2)14(18)16(26)22-12(6-10-7-19-8-20-10)15(25)21-11(17(27)28)4-5-13(23)24/h7-9,11-12,14H,3-6,18H2,1-2H3,(H,19,20)(H,21,25)(H,22,26)(H,23,24)(H,27,28). The van der Waals surface area contributed by atoms with Crippen LogP contribution in [0.1, 0.15) is 38.8 Å². The second-order valence-corrected chi connectivity index (χ2v) is 6.59. The van der Waals surface area contributed by atoms with Crippen LogP contribution in [0.4, 0.5) is 0 Å². The molecule has 0 spiro atoms. The third-order valence-corrected chi connectivity index (χ3v) is 4.43. The lowest BCUT2D eigenvalue weighted by atomic mass is 9.98. The molecule has 1 rings (SSSR count). The van der Waals surface area contributed by atoms with Gasteiger partial charge in [0.05, 0.1) is 12.4 Å². The molecular weight excluding hydrogens is 370 g/mol. The van der Waals surface area contributed by atoms with E-state index in [1.54, 1.807) is 6.92 Å². The number of nitrogens with two attached hydrogens (primary N) is 1. The van der Waals surface area contributed by atoms with Crippen molar-refractivity contribution in [3.63, 3.8) is 0 Å². The number of imidazole rings is 1. The first kappa shape index (κ1) is 23.1. The summed E-state index contributed by atoms with van der Waals surface area (Å²) in [6.45, 7) is 3.69. The van der Waals surface area contributed by atoms with Crippen molar-refractivity contribution in [3.05, 3.63) is 18.2 Å². The summed E-state index contributed by atoms with van der Waals surface area (Å²) in [5, 5.41) is 22.8. The second-order valence-electron chi connectivity index (χ2n) is 6.59. The van der Waals surface area contributed by atoms with Crippen LogP contribution in [-0.2, 0) is 25.6 Å². The molecule has 0 bridgehead atoms. The Bertz CT molecular complexity index is 678. The lowest BCUT2D eigenvalue weighted by molar-refractivity contribution is -0.143. The van der Waals surface area contributed by atoms with Crippen LogP contribution < -0.4 is 16.4 Å². The molecule has 4 unspecified atom stereocenters. The van der Waals surface area contributed by atoms with Crippen LogP contribution in [0.15, 0.2) is 12.5 Å². The fourth-order valence-electron chi connectivity index (χ4n) is 2.40. The number of hydrogen-bond donors (Lipinski definition) is 6. The summed E-state index contributed by atoms with van der Waals surface area (Å²) < 4.78 is 0. The van der Waals surface area contributed by atoms with Crippen LogP contribution in [0.3, 0.4) is 0 Å². The van der Waals surface area contributed by atoms with Crippen LogP contribution >= 0.6 is 0 Å². The maximum Gasteiger partial charge on any atom is 0.326 e. The number of carboxylic acids is 2. The highest BCUT2D eigenvalue weighted by atomic mass is 16.4. The number of carboxylic acid groups (broad SMARTS) is 2. The quantitative estimate of drug-likeness (QED) is 0.265. The summed E-state index contributed by atoms with van der Waals surface area (Å²) in [5.74, 6) is -3.94. The predicted octanol–water partition coefficient (Wildman–Crippen LogP) is -0.755. The monoisotopic (exact) mass is 397 g/mol. The average Bonchev–Trinajstić information content (AvgIpc) is 3.15. The summed E-state index contributed by atoms with van der Waals surface area (Å²) in [7, 11) is 0. The van der Waals surface area contributed by atoms with Crippen molar-refractivity contribution < 1.29 is 29.4 Å². The molecule has 11 heteroatoms. The van der Waals surface area contributed by atoms with Gasteiger partial charge in [-0.15, -0.1) is 0 Å². The zero-order valence-electron chi connectivity index (χ0n) is 15.8. The molecule has 0 aromatic carbocycles. The Morgan fingerprint density at radius 2 is 1.82 bits per heavy atom. The van der Waals surface area contributed by atoms with Crippen LogP contribution in [0.25, 0.3) is 0 Å². The smallest absolute Gasteiger partial charge is 0.326 e. The summed E-state index contributed by atoms with van der Waals surface area (Å²) in [6.07, 6.45) is 2.88. The van der Waals surface area contributed by atoms with Gasteiger partial charge in [-0.3, -0.25) is 14.4 Å². The number of carbonyl (C=O) groups is 4. The van der Waals surface area contributed by atoms with Gasteiger partial charge >= 0.3 is 11.9 Å². The summed E-state index contributed by atoms with van der Waals surface area (Å²) >= 11 is 0. The van der Waals surface area contributed by atoms with Gasteiger partial charge in [-0.2, -0.15) is 0 Å². The van der Waals surface area contributed by atoms with E-state index in [9.17, 15) is 24.3 Å². The molecule has 2 amide bonds. The van der Waals surface area contributed by atoms with Crippen molar-refractivity contribution >= 4 is 23.8 Å². The number of aromatic nitrogens is 2. The van der Waals surface area contributed by atoms with E-state index in [0.717, 1.165) is 0 Å². The van der Waals surface area contributed by atoms with Crippen LogP contribution in [0.2, 0.25) is 0 Å². The Morgan fingerprint density at radius 1 is 1.18 bits per heavy atom. The first-order chi connectivity index (χ1) is 13.1. The van der Waals surface area contributed by atoms with Crippen molar-refractivity contribution in [2.24, 2.45) is 11.7 Å². The van der Waals surface area contributed by atoms with Gasteiger partial charge in [0.25, 0.3) is 0 Å². The molecule has 0 aliphatic rings. The van der Waals surface area contributed by atoms with Crippen molar-refractivity contribution in [1.29, 1.82) is 0 Å². The molecule has 0 saturated carbocycles. The Labute approximate surface area is 162 Å². The summed E-state index contributed by atoms with van der Waals surface area (Å²) in [5.41, 5.74) is 6.45. The number of aromatic amines is 1. The van der Waals surface area contributed by atoms with Gasteiger partial charge in [0, 0.05) is 24.7 Å². The van der Waals surface area contributed by atoms with E-state index in [1.807, 2.05) is 6.92 Å². The average molecular weight is 397 g/mol. The second kappa shape index (κ2) is 11.0. The van der Waals surface area contributed by atoms with E-state index < -0.39 is 48.3 Å². The largest absolute Gasteiger partial charge is 0.481 e. The number of H-pyrrole nitrogens is 1. The van der Waals surface area contributed by atoms with E-state index in [1.165, 1.54) is 12.5 Å². The lowest BCUT2D eigenvalue weighted by Crippen LogP contribution is -2.56. The molecule has 1 heterocycles. The Morgan fingerprint density at radius 3 is 2.32 bits per heavy atom. The van der Waals surface area contributed by atoms with E-state index in [2.05, 4.69) is 20.6 Å². The van der Waals surface area contributed by atoms with E-state index in [4.69, 9.17) is 10.8 Å². The maximum absolute atomic E-state index is 12.6. The highest BCUT2D eigenvalue weighted by Crippen LogP contribution is 2.07. The number of carbonyl (C=O) groups excluding carboxylic acids is 2. The highest BCUT2D eigenvalue weighted by molar-refractivity contribution is 5.92. The minimum absolute atomic E-state index is 0.0378. The minimum atomic E-state index is -1.40. The minimum Gasteiger partial charge on any atom is -0.481 e. The van der Waals surface area contributed by atoms with Crippen molar-refractivity contribution in [1.82, 2.24) is 20.6 Å². The Hall–Kier alpha value is -2.95. The summed E-state index contributed by atoms with van der Waals surface area (Å²) in [6, 6.07) is -3.33. The molecule has 0 aliphatic heterocycles. The number of amides is 2. The molecule has 0 aliphatic carbocycles. The van der Waals surface area contributed by atoms with Gasteiger partial charge in [-0.25, -0.2) is 9.78 Å². The fourth-order valence-corrected chi connectivity index (χ4v) is 2.40. The maximum atomic E-state index is 12.6. The van der Waals surface area contributed by atoms with Gasteiger partial charge in [-0.05, 0) is 12.3 Å². The fraction of sp³-hybridized carbons (Fsp3) is 0.588. The molecule has 156 valence electrons. The van der Waals surface area contributed by atoms with E-state index >= 15 is 0 Å². The highest BCUT2D eigenvalue weighted by Gasteiger charge is 2.29. The topological polar surface area (TPSA) is 187 Å². The van der Waals surface area contributed by atoms with Crippen molar-refractivity contribution in [3.8, 4) is 0 Å². The molecule has 7 N–H and O–H groups in total. The van der Waals surface area contributed by atoms with Crippen molar-refractivity contribution in [2.75, 3.05) is 0 Å². The van der Waals surface area contributed by atoms with Crippen LogP contribution in [0.5, 0.6) is 0 Å². The molecule has 0 fully saturated rings. The number of rotatable bonds is 12. The number of aliphatic carboxylic acids is 2. The van der Waals surface area contributed by atoms with E-state index in [-0.39, 0.29) is 18.8 Å². The molecule has 4 atom stereocenters. The zero-order valence-corrected chi connectivity index (χ0v) is 15.8. The Balaban J connectivity index is 2.90. The third-order valence-electron chi connectivity index (χ3n) is 4.43. The van der Waals surface area contributed by atoms with Gasteiger partial charge in [0.2, 0.25) is 11.8 Å². The van der Waals surface area contributed by atoms with Gasteiger partial charge in [0.15, 0.2) is 0 Å².